The number of carbonyl (C=O) groups excluding carboxylic acids is 1. The molecule has 0 radical (unpaired) electrons. The van der Waals surface area contributed by atoms with Gasteiger partial charge in [-0.15, -0.1) is 0 Å². The van der Waals surface area contributed by atoms with E-state index in [4.69, 9.17) is 4.42 Å². The van der Waals surface area contributed by atoms with Crippen molar-refractivity contribution in [3.05, 3.63) is 87.3 Å². The molecule has 2 aromatic carbocycles. The lowest BCUT2D eigenvalue weighted by Gasteiger charge is -1.97. The Hall–Kier alpha value is -3.72. The van der Waals surface area contributed by atoms with Crippen molar-refractivity contribution in [3.63, 3.8) is 0 Å². The van der Waals surface area contributed by atoms with E-state index in [2.05, 4.69) is 10.3 Å². The van der Waals surface area contributed by atoms with E-state index in [1.807, 2.05) is 0 Å². The Bertz CT molecular complexity index is 1190. The fourth-order valence-electron chi connectivity index (χ4n) is 2.62. The predicted octanol–water partition coefficient (Wildman–Crippen LogP) is 4.89. The summed E-state index contributed by atoms with van der Waals surface area (Å²) in [6.45, 7) is 0. The number of nitro benzene ring substituents is 1. The number of nitro groups is 1. The third-order valence-electron chi connectivity index (χ3n) is 3.97. The lowest BCUT2D eigenvalue weighted by atomic mass is 10.1. The first-order valence-corrected chi connectivity index (χ1v) is 9.20. The molecular weight excluding hydrogens is 397 g/mol. The number of aliphatic imine (C=N–C) groups is 1. The van der Waals surface area contributed by atoms with Gasteiger partial charge in [0.25, 0.3) is 11.6 Å². The molecule has 0 atom stereocenters. The minimum Gasteiger partial charge on any atom is -0.457 e. The number of hydrogen-bond donors (Lipinski definition) is 1. The second kappa shape index (κ2) is 7.72. The van der Waals surface area contributed by atoms with Crippen molar-refractivity contribution in [2.24, 2.45) is 4.99 Å². The molecule has 1 aliphatic rings. The smallest absolute Gasteiger partial charge is 0.270 e. The van der Waals surface area contributed by atoms with Gasteiger partial charge in [0.1, 0.15) is 23.0 Å². The van der Waals surface area contributed by atoms with E-state index < -0.39 is 10.7 Å². The molecule has 0 aliphatic carbocycles. The summed E-state index contributed by atoms with van der Waals surface area (Å²) < 4.78 is 19.4. The maximum atomic E-state index is 13.7. The topological polar surface area (TPSA) is 97.7 Å². The van der Waals surface area contributed by atoms with Crippen LogP contribution >= 0.6 is 11.8 Å². The van der Waals surface area contributed by atoms with Crippen LogP contribution in [0.25, 0.3) is 17.4 Å². The van der Waals surface area contributed by atoms with E-state index in [1.165, 1.54) is 30.3 Å². The summed E-state index contributed by atoms with van der Waals surface area (Å²) in [4.78, 5) is 27.1. The van der Waals surface area contributed by atoms with Crippen molar-refractivity contribution in [1.29, 1.82) is 0 Å². The molecule has 1 N–H and O–H groups in total. The van der Waals surface area contributed by atoms with Crippen LogP contribution in [0.1, 0.15) is 5.76 Å². The number of para-hydroxylation sites is 1. The molecule has 1 saturated heterocycles. The number of halogens is 1. The van der Waals surface area contributed by atoms with E-state index >= 15 is 0 Å². The number of thioether (sulfide) groups is 1. The Labute approximate surface area is 168 Å². The average Bonchev–Trinajstić information content (AvgIpc) is 3.31. The van der Waals surface area contributed by atoms with Crippen LogP contribution in [0.2, 0.25) is 0 Å². The second-order valence-electron chi connectivity index (χ2n) is 5.94. The van der Waals surface area contributed by atoms with Gasteiger partial charge < -0.3 is 9.73 Å². The van der Waals surface area contributed by atoms with E-state index in [0.717, 1.165) is 11.8 Å². The summed E-state index contributed by atoms with van der Waals surface area (Å²) >= 11 is 1.06. The zero-order chi connectivity index (χ0) is 20.4. The minimum atomic E-state index is -0.486. The van der Waals surface area contributed by atoms with Crippen LogP contribution in [0.5, 0.6) is 0 Å². The molecule has 1 aliphatic heterocycles. The first-order chi connectivity index (χ1) is 14.0. The Morgan fingerprint density at radius 3 is 2.76 bits per heavy atom. The Balaban J connectivity index is 1.56. The van der Waals surface area contributed by atoms with Crippen molar-refractivity contribution in [1.82, 2.24) is 5.32 Å². The van der Waals surface area contributed by atoms with Crippen LogP contribution in [0.3, 0.4) is 0 Å². The fourth-order valence-corrected chi connectivity index (χ4v) is 3.43. The summed E-state index contributed by atoms with van der Waals surface area (Å²) in [5.74, 6) is -0.0289. The maximum Gasteiger partial charge on any atom is 0.270 e. The summed E-state index contributed by atoms with van der Waals surface area (Å²) in [5.41, 5.74) is 0.634. The Morgan fingerprint density at radius 2 is 1.97 bits per heavy atom. The molecule has 0 spiro atoms. The fraction of sp³-hybridized carbons (Fsp3) is 0. The highest BCUT2D eigenvalue weighted by molar-refractivity contribution is 8.18. The average molecular weight is 409 g/mol. The van der Waals surface area contributed by atoms with Crippen LogP contribution in [-0.2, 0) is 4.79 Å². The van der Waals surface area contributed by atoms with Gasteiger partial charge in [-0.25, -0.2) is 9.38 Å². The van der Waals surface area contributed by atoms with Crippen molar-refractivity contribution >= 4 is 40.3 Å². The summed E-state index contributed by atoms with van der Waals surface area (Å²) in [7, 11) is 0. The number of rotatable bonds is 4. The molecule has 4 rings (SSSR count). The standard InChI is InChI=1S/C20H12FN3O4S/c21-15-6-1-2-7-16(15)22-20-23-19(25)18(29-20)11-14-8-9-17(28-14)12-4-3-5-13(10-12)24(26)27/h1-11H,(H,22,23,25)/b18-11-. The second-order valence-corrected chi connectivity index (χ2v) is 6.97. The van der Waals surface area contributed by atoms with Crippen LogP contribution in [-0.4, -0.2) is 16.0 Å². The molecule has 0 unspecified atom stereocenters. The van der Waals surface area contributed by atoms with Crippen LogP contribution < -0.4 is 5.32 Å². The highest BCUT2D eigenvalue weighted by Crippen LogP contribution is 2.31. The van der Waals surface area contributed by atoms with Gasteiger partial charge in [-0.1, -0.05) is 24.3 Å². The van der Waals surface area contributed by atoms with Crippen molar-refractivity contribution in [2.45, 2.75) is 0 Å². The molecule has 0 bridgehead atoms. The third-order valence-corrected chi connectivity index (χ3v) is 4.88. The number of amidine groups is 1. The highest BCUT2D eigenvalue weighted by atomic mass is 32.2. The lowest BCUT2D eigenvalue weighted by Crippen LogP contribution is -2.19. The van der Waals surface area contributed by atoms with E-state index in [0.29, 0.717) is 22.0 Å². The molecular formula is C20H12FN3O4S. The molecule has 9 heteroatoms. The van der Waals surface area contributed by atoms with Crippen molar-refractivity contribution in [2.75, 3.05) is 0 Å². The van der Waals surface area contributed by atoms with Gasteiger partial charge in [0.2, 0.25) is 0 Å². The minimum absolute atomic E-state index is 0.0430. The molecule has 2 heterocycles. The normalized spacial score (nSPS) is 16.4. The summed E-state index contributed by atoms with van der Waals surface area (Å²) in [6.07, 6.45) is 1.53. The highest BCUT2D eigenvalue weighted by Gasteiger charge is 2.24. The van der Waals surface area contributed by atoms with Crippen LogP contribution in [0.15, 0.2) is 75.0 Å². The number of nitrogens with zero attached hydrogens (tertiary/aromatic N) is 2. The van der Waals surface area contributed by atoms with Gasteiger partial charge in [0.15, 0.2) is 5.17 Å². The largest absolute Gasteiger partial charge is 0.457 e. The van der Waals surface area contributed by atoms with E-state index in [1.54, 1.807) is 36.4 Å². The zero-order valence-corrected chi connectivity index (χ0v) is 15.5. The quantitative estimate of drug-likeness (QED) is 0.376. The SMILES string of the molecule is O=C1NC(=Nc2ccccc2F)S/C1=C\c1ccc(-c2cccc([N+](=O)[O-])c2)o1. The third kappa shape index (κ3) is 4.09. The van der Waals surface area contributed by atoms with Gasteiger partial charge in [0, 0.05) is 23.8 Å². The number of carbonyl (C=O) groups is 1. The number of benzene rings is 2. The first-order valence-electron chi connectivity index (χ1n) is 8.38. The number of furan rings is 1. The zero-order valence-electron chi connectivity index (χ0n) is 14.7. The van der Waals surface area contributed by atoms with Gasteiger partial charge in [-0.2, -0.15) is 0 Å². The summed E-state index contributed by atoms with van der Waals surface area (Å²) in [6, 6.07) is 15.4. The molecule has 3 aromatic rings. The number of amides is 1. The predicted molar refractivity (Wildman–Crippen MR) is 108 cm³/mol. The van der Waals surface area contributed by atoms with E-state index in [9.17, 15) is 19.3 Å². The Kier molecular flexibility index (Phi) is 4.96. The van der Waals surface area contributed by atoms with Crippen LogP contribution in [0.4, 0.5) is 15.8 Å². The molecule has 1 aromatic heterocycles. The van der Waals surface area contributed by atoms with E-state index in [-0.39, 0.29) is 22.4 Å². The Morgan fingerprint density at radius 1 is 1.14 bits per heavy atom. The molecule has 7 nitrogen and oxygen atoms in total. The lowest BCUT2D eigenvalue weighted by molar-refractivity contribution is -0.384. The molecule has 0 saturated carbocycles. The molecule has 29 heavy (non-hydrogen) atoms. The molecule has 144 valence electrons. The number of non-ortho nitro benzene ring substituents is 1. The van der Waals surface area contributed by atoms with Crippen LogP contribution in [0, 0.1) is 15.9 Å². The van der Waals surface area contributed by atoms with Crippen molar-refractivity contribution in [3.8, 4) is 11.3 Å². The summed E-state index contributed by atoms with van der Waals surface area (Å²) in [5, 5.41) is 13.8. The maximum absolute atomic E-state index is 13.7. The van der Waals surface area contributed by atoms with Crippen molar-refractivity contribution < 1.29 is 18.5 Å². The number of hydrogen-bond acceptors (Lipinski definition) is 6. The molecule has 1 fully saturated rings. The van der Waals surface area contributed by atoms with Gasteiger partial charge in [-0.3, -0.25) is 14.9 Å². The van der Waals surface area contributed by atoms with Gasteiger partial charge >= 0.3 is 0 Å². The number of nitrogens with one attached hydrogen (secondary N) is 1. The monoisotopic (exact) mass is 409 g/mol. The van der Waals surface area contributed by atoms with Gasteiger partial charge in [0.05, 0.1) is 9.83 Å². The first kappa shape index (κ1) is 18.6. The molecule has 1 amide bonds. The van der Waals surface area contributed by atoms with Gasteiger partial charge in [-0.05, 0) is 36.0 Å².